The number of carboxylic acids is 1. The molecule has 0 aromatic carbocycles. The third-order valence-corrected chi connectivity index (χ3v) is 5.24. The van der Waals surface area contributed by atoms with E-state index in [-0.39, 0.29) is 12.8 Å². The zero-order chi connectivity index (χ0) is 14.5. The zero-order valence-electron chi connectivity index (χ0n) is 10.7. The molecule has 4 N–H and O–H groups in total. The summed E-state index contributed by atoms with van der Waals surface area (Å²) in [6.07, 6.45) is 3.50. The lowest BCUT2D eigenvalue weighted by molar-refractivity contribution is -0.139. The molecular formula is C11H20N2O5S. The van der Waals surface area contributed by atoms with Crippen LogP contribution in [0.4, 0.5) is 0 Å². The second kappa shape index (κ2) is 6.85. The second-order valence-corrected chi connectivity index (χ2v) is 6.81. The minimum absolute atomic E-state index is 0.128. The molecular weight excluding hydrogens is 272 g/mol. The molecule has 7 nitrogen and oxygen atoms in total. The summed E-state index contributed by atoms with van der Waals surface area (Å²) < 4.78 is 26.3. The number of amides is 1. The predicted octanol–water partition coefficient (Wildman–Crippen LogP) is -0.0428. The first-order chi connectivity index (χ1) is 8.83. The van der Waals surface area contributed by atoms with Gasteiger partial charge in [-0.15, -0.1) is 0 Å². The number of hydrogen-bond donors (Lipinski definition) is 3. The number of nitrogens with one attached hydrogen (secondary N) is 1. The van der Waals surface area contributed by atoms with Crippen molar-refractivity contribution in [1.29, 1.82) is 0 Å². The van der Waals surface area contributed by atoms with Gasteiger partial charge in [0.2, 0.25) is 15.9 Å². The number of nitrogens with two attached hydrogens (primary N) is 1. The van der Waals surface area contributed by atoms with E-state index < -0.39 is 33.2 Å². The van der Waals surface area contributed by atoms with E-state index in [2.05, 4.69) is 4.72 Å². The Morgan fingerprint density at radius 1 is 1.26 bits per heavy atom. The van der Waals surface area contributed by atoms with Gasteiger partial charge in [-0.2, -0.15) is 0 Å². The molecule has 1 rings (SSSR count). The van der Waals surface area contributed by atoms with Crippen molar-refractivity contribution in [2.24, 2.45) is 5.73 Å². The third-order valence-electron chi connectivity index (χ3n) is 3.28. The first kappa shape index (κ1) is 15.9. The van der Waals surface area contributed by atoms with Gasteiger partial charge >= 0.3 is 5.97 Å². The van der Waals surface area contributed by atoms with Gasteiger partial charge < -0.3 is 10.8 Å². The van der Waals surface area contributed by atoms with Crippen LogP contribution in [0.25, 0.3) is 0 Å². The molecule has 110 valence electrons. The Kier molecular flexibility index (Phi) is 5.74. The fourth-order valence-corrected chi connectivity index (χ4v) is 3.95. The molecule has 0 radical (unpaired) electrons. The van der Waals surface area contributed by atoms with E-state index in [0.717, 1.165) is 19.3 Å². The highest BCUT2D eigenvalue weighted by atomic mass is 32.2. The van der Waals surface area contributed by atoms with Crippen LogP contribution in [0.3, 0.4) is 0 Å². The average molecular weight is 292 g/mol. The number of carbonyl (C=O) groups is 2. The first-order valence-corrected chi connectivity index (χ1v) is 7.90. The molecule has 0 aromatic heterocycles. The number of sulfonamides is 1. The van der Waals surface area contributed by atoms with Gasteiger partial charge in [0.05, 0.1) is 5.25 Å². The molecule has 8 heteroatoms. The Bertz CT molecular complexity index is 428. The van der Waals surface area contributed by atoms with E-state index in [4.69, 9.17) is 10.8 Å². The molecule has 1 aliphatic carbocycles. The maximum absolute atomic E-state index is 12.1. The Labute approximate surface area is 112 Å². The molecule has 1 aliphatic rings. The second-order valence-electron chi connectivity index (χ2n) is 4.82. The molecule has 0 spiro atoms. The van der Waals surface area contributed by atoms with Crippen LogP contribution in [-0.4, -0.2) is 36.7 Å². The average Bonchev–Trinajstić information content (AvgIpc) is 2.35. The Morgan fingerprint density at radius 2 is 1.84 bits per heavy atom. The van der Waals surface area contributed by atoms with Gasteiger partial charge in [0, 0.05) is 6.42 Å². The van der Waals surface area contributed by atoms with Crippen LogP contribution >= 0.6 is 0 Å². The van der Waals surface area contributed by atoms with Crippen molar-refractivity contribution >= 4 is 21.9 Å². The summed E-state index contributed by atoms with van der Waals surface area (Å²) in [6, 6.07) is -1.29. The maximum atomic E-state index is 12.1. The zero-order valence-corrected chi connectivity index (χ0v) is 11.5. The highest BCUT2D eigenvalue weighted by Gasteiger charge is 2.31. The van der Waals surface area contributed by atoms with E-state index in [1.54, 1.807) is 0 Å². The number of primary amides is 1. The van der Waals surface area contributed by atoms with E-state index in [0.29, 0.717) is 12.8 Å². The summed E-state index contributed by atoms with van der Waals surface area (Å²) in [5.74, 6) is -1.94. The molecule has 1 saturated carbocycles. The van der Waals surface area contributed by atoms with Gasteiger partial charge in [-0.05, 0) is 19.3 Å². The fourth-order valence-electron chi connectivity index (χ4n) is 2.19. The minimum Gasteiger partial charge on any atom is -0.480 e. The summed E-state index contributed by atoms with van der Waals surface area (Å²) in [7, 11) is -3.66. The molecule has 1 fully saturated rings. The van der Waals surface area contributed by atoms with Crippen LogP contribution in [0.5, 0.6) is 0 Å². The minimum atomic E-state index is -3.66. The van der Waals surface area contributed by atoms with Crippen molar-refractivity contribution < 1.29 is 23.1 Å². The molecule has 0 bridgehead atoms. The lowest BCUT2D eigenvalue weighted by Crippen LogP contribution is -2.45. The van der Waals surface area contributed by atoms with Gasteiger partial charge in [0.1, 0.15) is 6.04 Å². The summed E-state index contributed by atoms with van der Waals surface area (Å²) in [4.78, 5) is 21.6. The normalized spacial score (nSPS) is 18.9. The maximum Gasteiger partial charge on any atom is 0.321 e. The molecule has 0 heterocycles. The van der Waals surface area contributed by atoms with Crippen LogP contribution in [-0.2, 0) is 19.6 Å². The SMILES string of the molecule is NC(=O)CCC(NS(=O)(=O)C1CCCCC1)C(=O)O. The summed E-state index contributed by atoms with van der Waals surface area (Å²) in [5, 5.41) is 8.44. The quantitative estimate of drug-likeness (QED) is 0.606. The monoisotopic (exact) mass is 292 g/mol. The highest BCUT2D eigenvalue weighted by molar-refractivity contribution is 7.90. The molecule has 0 aromatic rings. The smallest absolute Gasteiger partial charge is 0.321 e. The van der Waals surface area contributed by atoms with Gasteiger partial charge in [-0.1, -0.05) is 19.3 Å². The number of hydrogen-bond acceptors (Lipinski definition) is 4. The number of carboxylic acid groups (broad SMARTS) is 1. The van der Waals surface area contributed by atoms with Crippen molar-refractivity contribution in [2.45, 2.75) is 56.2 Å². The summed E-state index contributed by atoms with van der Waals surface area (Å²) >= 11 is 0. The van der Waals surface area contributed by atoms with E-state index in [9.17, 15) is 18.0 Å². The lowest BCUT2D eigenvalue weighted by Gasteiger charge is -2.24. The Morgan fingerprint density at radius 3 is 2.32 bits per heavy atom. The Hall–Kier alpha value is -1.15. The highest BCUT2D eigenvalue weighted by Crippen LogP contribution is 2.23. The standard InChI is InChI=1S/C11H20N2O5S/c12-10(14)7-6-9(11(15)16)13-19(17,18)8-4-2-1-3-5-8/h8-9,13H,1-7H2,(H2,12,14)(H,15,16). The van der Waals surface area contributed by atoms with Gasteiger partial charge in [-0.25, -0.2) is 13.1 Å². The van der Waals surface area contributed by atoms with Crippen LogP contribution < -0.4 is 10.5 Å². The van der Waals surface area contributed by atoms with Crippen LogP contribution in [0.2, 0.25) is 0 Å². The van der Waals surface area contributed by atoms with Crippen LogP contribution in [0.1, 0.15) is 44.9 Å². The van der Waals surface area contributed by atoms with Crippen molar-refractivity contribution in [2.75, 3.05) is 0 Å². The van der Waals surface area contributed by atoms with Crippen LogP contribution in [0.15, 0.2) is 0 Å². The van der Waals surface area contributed by atoms with E-state index in [1.165, 1.54) is 0 Å². The number of rotatable bonds is 7. The van der Waals surface area contributed by atoms with Gasteiger partial charge in [0.25, 0.3) is 0 Å². The molecule has 1 atom stereocenters. The third kappa shape index (κ3) is 5.15. The van der Waals surface area contributed by atoms with Gasteiger partial charge in [0.15, 0.2) is 0 Å². The van der Waals surface area contributed by atoms with Crippen LogP contribution in [0, 0.1) is 0 Å². The van der Waals surface area contributed by atoms with Crippen molar-refractivity contribution in [3.8, 4) is 0 Å². The Balaban J connectivity index is 2.65. The number of carbonyl (C=O) groups excluding carboxylic acids is 1. The molecule has 0 aliphatic heterocycles. The fraction of sp³-hybridized carbons (Fsp3) is 0.818. The number of aliphatic carboxylic acids is 1. The van der Waals surface area contributed by atoms with Crippen molar-refractivity contribution in [3.05, 3.63) is 0 Å². The lowest BCUT2D eigenvalue weighted by atomic mass is 10.0. The van der Waals surface area contributed by atoms with Gasteiger partial charge in [-0.3, -0.25) is 9.59 Å². The van der Waals surface area contributed by atoms with Crippen molar-refractivity contribution in [3.63, 3.8) is 0 Å². The first-order valence-electron chi connectivity index (χ1n) is 6.35. The van der Waals surface area contributed by atoms with Crippen molar-refractivity contribution in [1.82, 2.24) is 4.72 Å². The topological polar surface area (TPSA) is 127 Å². The van der Waals surface area contributed by atoms with E-state index in [1.807, 2.05) is 0 Å². The molecule has 0 saturated heterocycles. The predicted molar refractivity (Wildman–Crippen MR) is 68.8 cm³/mol. The molecule has 1 amide bonds. The largest absolute Gasteiger partial charge is 0.480 e. The molecule has 1 unspecified atom stereocenters. The van der Waals surface area contributed by atoms with E-state index >= 15 is 0 Å². The summed E-state index contributed by atoms with van der Waals surface area (Å²) in [5.41, 5.74) is 4.94. The molecule has 19 heavy (non-hydrogen) atoms. The summed E-state index contributed by atoms with van der Waals surface area (Å²) in [6.45, 7) is 0.